The highest BCUT2D eigenvalue weighted by molar-refractivity contribution is 5.95. The number of nitrogens with one attached hydrogen (secondary N) is 2. The molecule has 4 nitrogen and oxygen atoms in total. The van der Waals surface area contributed by atoms with E-state index in [-0.39, 0.29) is 0 Å². The largest absolute Gasteiger partial charge is 0.496 e. The minimum absolute atomic E-state index is 0.513. The third-order valence-corrected chi connectivity index (χ3v) is 4.46. The number of methoxy groups -OCH3 is 1. The van der Waals surface area contributed by atoms with E-state index in [1.54, 1.807) is 7.11 Å². The number of ether oxygens (including phenoxy) is 1. The number of aromatic nitrogens is 1. The molecule has 2 N–H and O–H groups in total. The number of anilines is 1. The third-order valence-electron chi connectivity index (χ3n) is 4.46. The van der Waals surface area contributed by atoms with Gasteiger partial charge >= 0.3 is 0 Å². The molecule has 1 saturated carbocycles. The molecule has 1 aliphatic carbocycles. The maximum Gasteiger partial charge on any atom is 0.134 e. The molecule has 1 aromatic heterocycles. The van der Waals surface area contributed by atoms with Crippen molar-refractivity contribution < 1.29 is 4.74 Å². The van der Waals surface area contributed by atoms with Gasteiger partial charge in [-0.15, -0.1) is 0 Å². The molecule has 0 bridgehead atoms. The van der Waals surface area contributed by atoms with Gasteiger partial charge in [0.05, 0.1) is 7.11 Å². The number of nitrogens with zero attached hydrogens (tertiary/aromatic N) is 1. The molecule has 21 heavy (non-hydrogen) atoms. The lowest BCUT2D eigenvalue weighted by Crippen LogP contribution is -2.35. The van der Waals surface area contributed by atoms with Crippen LogP contribution in [0.15, 0.2) is 30.5 Å². The average Bonchev–Trinajstić information content (AvgIpc) is 2.55. The van der Waals surface area contributed by atoms with Crippen molar-refractivity contribution in [2.45, 2.75) is 37.8 Å². The first-order valence-corrected chi connectivity index (χ1v) is 7.67. The van der Waals surface area contributed by atoms with Gasteiger partial charge in [-0.2, -0.15) is 0 Å². The van der Waals surface area contributed by atoms with Gasteiger partial charge in [0.2, 0.25) is 0 Å². The highest BCUT2D eigenvalue weighted by Gasteiger charge is 2.20. The molecule has 1 aliphatic rings. The Morgan fingerprint density at radius 1 is 1.05 bits per heavy atom. The summed E-state index contributed by atoms with van der Waals surface area (Å²) in [6.45, 7) is 0. The molecule has 0 atom stereocenters. The van der Waals surface area contributed by atoms with Crippen LogP contribution in [0.1, 0.15) is 25.7 Å². The lowest BCUT2D eigenvalue weighted by atomic mass is 9.91. The van der Waals surface area contributed by atoms with Gasteiger partial charge in [-0.25, -0.2) is 4.98 Å². The van der Waals surface area contributed by atoms with Gasteiger partial charge in [-0.3, -0.25) is 0 Å². The van der Waals surface area contributed by atoms with Crippen molar-refractivity contribution in [3.05, 3.63) is 30.5 Å². The van der Waals surface area contributed by atoms with Gasteiger partial charge < -0.3 is 15.4 Å². The van der Waals surface area contributed by atoms with Crippen molar-refractivity contribution >= 4 is 16.6 Å². The summed E-state index contributed by atoms with van der Waals surface area (Å²) >= 11 is 0. The molecule has 0 unspecified atom stereocenters. The van der Waals surface area contributed by atoms with Gasteiger partial charge in [0.1, 0.15) is 11.6 Å². The SMILES string of the molecule is CNC1CCC(Nc2nccc3c(OC)cccc23)CC1. The topological polar surface area (TPSA) is 46.2 Å². The monoisotopic (exact) mass is 285 g/mol. The minimum atomic E-state index is 0.513. The quantitative estimate of drug-likeness (QED) is 0.905. The van der Waals surface area contributed by atoms with Crippen LogP contribution in [-0.4, -0.2) is 31.2 Å². The van der Waals surface area contributed by atoms with Crippen molar-refractivity contribution in [2.75, 3.05) is 19.5 Å². The molecule has 3 rings (SSSR count). The molecule has 1 fully saturated rings. The zero-order valence-corrected chi connectivity index (χ0v) is 12.7. The average molecular weight is 285 g/mol. The Morgan fingerprint density at radius 3 is 2.52 bits per heavy atom. The van der Waals surface area contributed by atoms with Gasteiger partial charge in [0.25, 0.3) is 0 Å². The summed E-state index contributed by atoms with van der Waals surface area (Å²) in [5, 5.41) is 9.24. The van der Waals surface area contributed by atoms with E-state index in [1.807, 2.05) is 24.4 Å². The molecule has 0 radical (unpaired) electrons. The van der Waals surface area contributed by atoms with Crippen molar-refractivity contribution in [2.24, 2.45) is 0 Å². The molecule has 0 aliphatic heterocycles. The molecular weight excluding hydrogens is 262 g/mol. The van der Waals surface area contributed by atoms with Crippen LogP contribution >= 0.6 is 0 Å². The first-order valence-electron chi connectivity index (χ1n) is 7.67. The molecule has 1 heterocycles. The van der Waals surface area contributed by atoms with E-state index in [4.69, 9.17) is 4.74 Å². The second-order valence-electron chi connectivity index (χ2n) is 5.70. The highest BCUT2D eigenvalue weighted by Crippen LogP contribution is 2.30. The first kappa shape index (κ1) is 14.1. The van der Waals surface area contributed by atoms with Crippen LogP contribution in [0.3, 0.4) is 0 Å². The summed E-state index contributed by atoms with van der Waals surface area (Å²) in [4.78, 5) is 4.53. The second kappa shape index (κ2) is 6.31. The minimum Gasteiger partial charge on any atom is -0.496 e. The predicted octanol–water partition coefficient (Wildman–Crippen LogP) is 3.19. The molecular formula is C17H23N3O. The number of hydrogen-bond acceptors (Lipinski definition) is 4. The number of benzene rings is 1. The first-order chi connectivity index (χ1) is 10.3. The van der Waals surface area contributed by atoms with Crippen LogP contribution in [0, 0.1) is 0 Å². The second-order valence-corrected chi connectivity index (χ2v) is 5.70. The van der Waals surface area contributed by atoms with E-state index in [0.717, 1.165) is 22.3 Å². The smallest absolute Gasteiger partial charge is 0.134 e. The molecule has 2 aromatic rings. The van der Waals surface area contributed by atoms with Gasteiger partial charge in [-0.1, -0.05) is 12.1 Å². The number of fused-ring (bicyclic) bond motifs is 1. The molecule has 0 saturated heterocycles. The normalized spacial score (nSPS) is 22.2. The van der Waals surface area contributed by atoms with E-state index in [9.17, 15) is 0 Å². The van der Waals surface area contributed by atoms with Crippen molar-refractivity contribution in [1.29, 1.82) is 0 Å². The van der Waals surface area contributed by atoms with Gasteiger partial charge in [-0.05, 0) is 44.9 Å². The van der Waals surface area contributed by atoms with E-state index < -0.39 is 0 Å². The standard InChI is InChI=1S/C17H23N3O/c1-18-12-6-8-13(9-7-12)20-17-15-4-3-5-16(21-2)14(15)10-11-19-17/h3-5,10-13,18H,6-9H2,1-2H3,(H,19,20). The van der Waals surface area contributed by atoms with E-state index in [0.29, 0.717) is 12.1 Å². The van der Waals surface area contributed by atoms with Gasteiger partial charge in [0, 0.05) is 29.1 Å². The Morgan fingerprint density at radius 2 is 1.81 bits per heavy atom. The Balaban J connectivity index is 1.81. The summed E-state index contributed by atoms with van der Waals surface area (Å²) in [7, 11) is 3.76. The Bertz CT molecular complexity index is 606. The zero-order valence-electron chi connectivity index (χ0n) is 12.7. The van der Waals surface area contributed by atoms with Crippen molar-refractivity contribution in [3.8, 4) is 5.75 Å². The molecule has 112 valence electrons. The lowest BCUT2D eigenvalue weighted by Gasteiger charge is -2.29. The summed E-state index contributed by atoms with van der Waals surface area (Å²) in [5.74, 6) is 1.87. The predicted molar refractivity (Wildman–Crippen MR) is 87.0 cm³/mol. The number of rotatable bonds is 4. The van der Waals surface area contributed by atoms with Crippen LogP contribution in [0.25, 0.3) is 10.8 Å². The zero-order chi connectivity index (χ0) is 14.7. The summed E-state index contributed by atoms with van der Waals surface area (Å²) < 4.78 is 5.44. The maximum atomic E-state index is 5.44. The molecule has 4 heteroatoms. The van der Waals surface area contributed by atoms with Crippen LogP contribution in [0.2, 0.25) is 0 Å². The number of pyridine rings is 1. The highest BCUT2D eigenvalue weighted by atomic mass is 16.5. The Hall–Kier alpha value is -1.81. The van der Waals surface area contributed by atoms with Crippen LogP contribution in [-0.2, 0) is 0 Å². The maximum absolute atomic E-state index is 5.44. The fourth-order valence-electron chi connectivity index (χ4n) is 3.19. The van der Waals surface area contributed by atoms with Crippen LogP contribution in [0.5, 0.6) is 5.75 Å². The fourth-order valence-corrected chi connectivity index (χ4v) is 3.19. The Labute approximate surface area is 125 Å². The molecule has 1 aromatic carbocycles. The van der Waals surface area contributed by atoms with Crippen molar-refractivity contribution in [3.63, 3.8) is 0 Å². The van der Waals surface area contributed by atoms with Crippen LogP contribution < -0.4 is 15.4 Å². The van der Waals surface area contributed by atoms with E-state index in [1.165, 1.54) is 25.7 Å². The lowest BCUT2D eigenvalue weighted by molar-refractivity contribution is 0.371. The third kappa shape index (κ3) is 2.95. The molecule has 0 amide bonds. The summed E-state index contributed by atoms with van der Waals surface area (Å²) in [5.41, 5.74) is 0. The Kier molecular flexibility index (Phi) is 4.25. The summed E-state index contributed by atoms with van der Waals surface area (Å²) in [6.07, 6.45) is 6.68. The van der Waals surface area contributed by atoms with Crippen LogP contribution in [0.4, 0.5) is 5.82 Å². The fraction of sp³-hybridized carbons (Fsp3) is 0.471. The van der Waals surface area contributed by atoms with Crippen molar-refractivity contribution in [1.82, 2.24) is 10.3 Å². The van der Waals surface area contributed by atoms with Gasteiger partial charge in [0.15, 0.2) is 0 Å². The summed E-state index contributed by atoms with van der Waals surface area (Å²) in [6, 6.07) is 9.31. The van der Waals surface area contributed by atoms with E-state index >= 15 is 0 Å². The molecule has 0 spiro atoms. The number of hydrogen-bond donors (Lipinski definition) is 2. The van der Waals surface area contributed by atoms with E-state index in [2.05, 4.69) is 28.7 Å².